The van der Waals surface area contributed by atoms with Crippen LogP contribution < -0.4 is 0 Å². The highest BCUT2D eigenvalue weighted by atomic mass is 16.6. The molecule has 4 aliphatic heterocycles. The summed E-state index contributed by atoms with van der Waals surface area (Å²) in [6.07, 6.45) is 0.732. The molecule has 0 bridgehead atoms. The second-order valence-corrected chi connectivity index (χ2v) is 8.29. The fourth-order valence-corrected chi connectivity index (χ4v) is 5.79. The highest BCUT2D eigenvalue weighted by Gasteiger charge is 2.54. The van der Waals surface area contributed by atoms with E-state index in [0.717, 1.165) is 31.6 Å². The van der Waals surface area contributed by atoms with Gasteiger partial charge in [0.05, 0.1) is 18.9 Å². The van der Waals surface area contributed by atoms with Crippen molar-refractivity contribution < 1.29 is 19.4 Å². The number of methoxy groups -OCH3 is 1. The lowest BCUT2D eigenvalue weighted by Crippen LogP contribution is -2.62. The number of aliphatic hydroxyl groups excluding tert-OH is 1. The summed E-state index contributed by atoms with van der Waals surface area (Å²) in [6, 6.07) is 8.63. The Morgan fingerprint density at radius 2 is 2.15 bits per heavy atom. The first-order chi connectivity index (χ1) is 13.1. The van der Waals surface area contributed by atoms with E-state index in [0.29, 0.717) is 5.92 Å². The standard InChI is InChI=1S/C21H26N2O4/c1-11-15-10-23-8-7-13-12-5-3-4-6-16(12)22-19(13)17(23)9-14(15)18(20(24)26-2)21(25)27-11/h3-6,11,13-15,17-18,21,25H,7-10H2,1-2H3. The Kier molecular flexibility index (Phi) is 4.11. The van der Waals surface area contributed by atoms with Crippen LogP contribution in [0.15, 0.2) is 29.3 Å². The number of para-hydroxylation sites is 1. The van der Waals surface area contributed by atoms with Crippen LogP contribution in [0.4, 0.5) is 5.69 Å². The molecule has 4 aliphatic rings. The molecule has 1 aromatic rings. The normalized spacial score (nSPS) is 40.3. The molecule has 5 rings (SSSR count). The molecule has 27 heavy (non-hydrogen) atoms. The first-order valence-electron chi connectivity index (χ1n) is 9.91. The van der Waals surface area contributed by atoms with E-state index in [2.05, 4.69) is 23.1 Å². The van der Waals surface area contributed by atoms with Crippen LogP contribution in [-0.4, -0.2) is 60.3 Å². The zero-order valence-electron chi connectivity index (χ0n) is 15.7. The number of fused-ring (bicyclic) bond motifs is 6. The molecular weight excluding hydrogens is 344 g/mol. The van der Waals surface area contributed by atoms with Crippen molar-refractivity contribution in [3.63, 3.8) is 0 Å². The lowest BCUT2D eigenvalue weighted by Gasteiger charge is -2.53. The molecule has 144 valence electrons. The van der Waals surface area contributed by atoms with E-state index in [9.17, 15) is 9.90 Å². The molecule has 7 unspecified atom stereocenters. The van der Waals surface area contributed by atoms with Crippen LogP contribution in [0.1, 0.15) is 31.2 Å². The van der Waals surface area contributed by atoms with Crippen LogP contribution in [0, 0.1) is 17.8 Å². The Morgan fingerprint density at radius 1 is 1.33 bits per heavy atom. The molecule has 4 heterocycles. The van der Waals surface area contributed by atoms with Gasteiger partial charge < -0.3 is 14.6 Å². The van der Waals surface area contributed by atoms with Crippen molar-refractivity contribution >= 4 is 17.4 Å². The number of nitrogens with zero attached hydrogens (tertiary/aromatic N) is 2. The fourth-order valence-electron chi connectivity index (χ4n) is 5.79. The first-order valence-corrected chi connectivity index (χ1v) is 9.91. The maximum absolute atomic E-state index is 12.4. The maximum Gasteiger partial charge on any atom is 0.314 e. The van der Waals surface area contributed by atoms with Gasteiger partial charge in [0.1, 0.15) is 5.92 Å². The van der Waals surface area contributed by atoms with Crippen molar-refractivity contribution in [3.05, 3.63) is 29.8 Å². The van der Waals surface area contributed by atoms with E-state index in [1.165, 1.54) is 18.4 Å². The summed E-state index contributed by atoms with van der Waals surface area (Å²) in [6.45, 7) is 3.91. The number of benzene rings is 1. The number of ether oxygens (including phenoxy) is 2. The molecule has 0 spiro atoms. The van der Waals surface area contributed by atoms with Gasteiger partial charge in [0.15, 0.2) is 6.29 Å². The molecule has 0 aliphatic carbocycles. The Bertz CT molecular complexity index is 794. The number of carbonyl (C=O) groups excluding carboxylic acids is 1. The number of aliphatic hydroxyl groups is 1. The minimum Gasteiger partial charge on any atom is -0.469 e. The van der Waals surface area contributed by atoms with E-state index in [-0.39, 0.29) is 30.0 Å². The predicted molar refractivity (Wildman–Crippen MR) is 99.9 cm³/mol. The average molecular weight is 370 g/mol. The second-order valence-electron chi connectivity index (χ2n) is 8.29. The van der Waals surface area contributed by atoms with Gasteiger partial charge >= 0.3 is 5.97 Å². The number of aliphatic imine (C=N–C) groups is 1. The zero-order valence-corrected chi connectivity index (χ0v) is 15.7. The van der Waals surface area contributed by atoms with Crippen molar-refractivity contribution in [1.82, 2.24) is 4.90 Å². The van der Waals surface area contributed by atoms with Gasteiger partial charge in [0.2, 0.25) is 0 Å². The van der Waals surface area contributed by atoms with Gasteiger partial charge in [0.25, 0.3) is 0 Å². The Hall–Kier alpha value is -1.76. The molecule has 0 amide bonds. The quantitative estimate of drug-likeness (QED) is 0.767. The predicted octanol–water partition coefficient (Wildman–Crippen LogP) is 2.09. The van der Waals surface area contributed by atoms with E-state index in [1.54, 1.807) is 0 Å². The average Bonchev–Trinajstić information content (AvgIpc) is 3.06. The molecule has 1 N–H and O–H groups in total. The molecule has 3 fully saturated rings. The lowest BCUT2D eigenvalue weighted by molar-refractivity contribution is -0.243. The molecule has 6 nitrogen and oxygen atoms in total. The van der Waals surface area contributed by atoms with E-state index < -0.39 is 12.2 Å². The Morgan fingerprint density at radius 3 is 2.96 bits per heavy atom. The largest absolute Gasteiger partial charge is 0.469 e. The van der Waals surface area contributed by atoms with E-state index in [1.807, 2.05) is 13.0 Å². The number of rotatable bonds is 1. The molecule has 1 aromatic carbocycles. The van der Waals surface area contributed by atoms with Gasteiger partial charge in [-0.05, 0) is 43.9 Å². The summed E-state index contributed by atoms with van der Waals surface area (Å²) in [5.41, 5.74) is 3.66. The highest BCUT2D eigenvalue weighted by Crippen LogP contribution is 2.48. The first kappa shape index (κ1) is 17.3. The van der Waals surface area contributed by atoms with E-state index in [4.69, 9.17) is 14.5 Å². The molecule has 0 aromatic heterocycles. The third-order valence-corrected chi connectivity index (χ3v) is 7.10. The number of hydrogen-bond donors (Lipinski definition) is 1. The minimum atomic E-state index is -1.10. The Balaban J connectivity index is 1.48. The summed E-state index contributed by atoms with van der Waals surface area (Å²) >= 11 is 0. The van der Waals surface area contributed by atoms with E-state index >= 15 is 0 Å². The van der Waals surface area contributed by atoms with Gasteiger partial charge in [-0.25, -0.2) is 0 Å². The topological polar surface area (TPSA) is 71.4 Å². The second kappa shape index (κ2) is 6.40. The number of esters is 1. The van der Waals surface area contributed by atoms with Gasteiger partial charge in [-0.2, -0.15) is 0 Å². The summed E-state index contributed by atoms with van der Waals surface area (Å²) in [5, 5.41) is 10.4. The van der Waals surface area contributed by atoms with Crippen LogP contribution in [0.2, 0.25) is 0 Å². The molecular formula is C21H26N2O4. The molecule has 3 saturated heterocycles. The van der Waals surface area contributed by atoms with Gasteiger partial charge in [-0.15, -0.1) is 0 Å². The van der Waals surface area contributed by atoms with Crippen molar-refractivity contribution in [2.24, 2.45) is 22.7 Å². The number of carbonyl (C=O) groups is 1. The van der Waals surface area contributed by atoms with Crippen LogP contribution in [0.3, 0.4) is 0 Å². The van der Waals surface area contributed by atoms with Crippen LogP contribution in [-0.2, 0) is 14.3 Å². The van der Waals surface area contributed by atoms with Gasteiger partial charge in [-0.1, -0.05) is 18.2 Å². The summed E-state index contributed by atoms with van der Waals surface area (Å²) in [4.78, 5) is 19.9. The monoisotopic (exact) mass is 370 g/mol. The van der Waals surface area contributed by atoms with Crippen LogP contribution in [0.25, 0.3) is 0 Å². The highest BCUT2D eigenvalue weighted by molar-refractivity contribution is 6.02. The molecule has 6 heteroatoms. The molecule has 7 atom stereocenters. The van der Waals surface area contributed by atoms with Gasteiger partial charge in [-0.3, -0.25) is 14.7 Å². The smallest absolute Gasteiger partial charge is 0.314 e. The summed E-state index contributed by atoms with van der Waals surface area (Å²) < 4.78 is 10.7. The van der Waals surface area contributed by atoms with Crippen molar-refractivity contribution in [1.29, 1.82) is 0 Å². The maximum atomic E-state index is 12.4. The lowest BCUT2D eigenvalue weighted by atomic mass is 9.67. The van der Waals surface area contributed by atoms with Crippen LogP contribution >= 0.6 is 0 Å². The fraction of sp³-hybridized carbons (Fsp3) is 0.619. The third-order valence-electron chi connectivity index (χ3n) is 7.10. The number of hydrogen-bond acceptors (Lipinski definition) is 6. The Labute approximate surface area is 159 Å². The van der Waals surface area contributed by atoms with Gasteiger partial charge in [0, 0.05) is 30.1 Å². The third kappa shape index (κ3) is 2.57. The SMILES string of the molecule is COC(=O)C1C(O)OC(C)C2CN3CCC4C(=Nc5ccccc54)C3CC21. The zero-order chi connectivity index (χ0) is 18.7. The summed E-state index contributed by atoms with van der Waals surface area (Å²) in [7, 11) is 1.38. The number of piperidine rings is 2. The molecule has 0 radical (unpaired) electrons. The minimum absolute atomic E-state index is 0.0441. The van der Waals surface area contributed by atoms with Crippen molar-refractivity contribution in [2.75, 3.05) is 20.2 Å². The molecule has 0 saturated carbocycles. The summed E-state index contributed by atoms with van der Waals surface area (Å²) in [5.74, 6) is -0.347. The van der Waals surface area contributed by atoms with Crippen molar-refractivity contribution in [3.8, 4) is 0 Å². The van der Waals surface area contributed by atoms with Crippen LogP contribution in [0.5, 0.6) is 0 Å². The van der Waals surface area contributed by atoms with Crippen molar-refractivity contribution in [2.45, 2.75) is 44.1 Å².